The fourth-order valence-electron chi connectivity index (χ4n) is 2.13. The number of amides is 1. The van der Waals surface area contributed by atoms with Crippen LogP contribution in [0.3, 0.4) is 0 Å². The standard InChI is InChI=1S/C18H22N2O3S/c1-4-14(3)19-18(21)15-10-11-17(13(2)12-15)20-24(22,23)16-8-6-5-7-9-16/h5-12,14,20H,4H2,1-3H3,(H,19,21)/t14-/m0/s1. The normalized spacial score (nSPS) is 12.5. The summed E-state index contributed by atoms with van der Waals surface area (Å²) >= 11 is 0. The van der Waals surface area contributed by atoms with Gasteiger partial charge in [-0.1, -0.05) is 25.1 Å². The summed E-state index contributed by atoms with van der Waals surface area (Å²) in [5.74, 6) is -0.162. The molecule has 128 valence electrons. The summed E-state index contributed by atoms with van der Waals surface area (Å²) in [6, 6.07) is 13.2. The molecule has 2 rings (SSSR count). The Bertz CT molecular complexity index is 817. The first kappa shape index (κ1) is 18.0. The van der Waals surface area contributed by atoms with E-state index in [1.165, 1.54) is 12.1 Å². The molecule has 0 aliphatic carbocycles. The summed E-state index contributed by atoms with van der Waals surface area (Å²) in [5, 5.41) is 2.89. The van der Waals surface area contributed by atoms with E-state index in [2.05, 4.69) is 10.0 Å². The number of nitrogens with one attached hydrogen (secondary N) is 2. The second kappa shape index (κ2) is 7.49. The SMILES string of the molecule is CC[C@H](C)NC(=O)c1ccc(NS(=O)(=O)c2ccccc2)c(C)c1. The quantitative estimate of drug-likeness (QED) is 0.842. The first-order valence-electron chi connectivity index (χ1n) is 7.83. The van der Waals surface area contributed by atoms with Gasteiger partial charge in [0.25, 0.3) is 15.9 Å². The minimum atomic E-state index is -3.64. The van der Waals surface area contributed by atoms with Crippen molar-refractivity contribution < 1.29 is 13.2 Å². The van der Waals surface area contributed by atoms with Crippen LogP contribution in [0, 0.1) is 6.92 Å². The van der Waals surface area contributed by atoms with Gasteiger partial charge in [-0.15, -0.1) is 0 Å². The smallest absolute Gasteiger partial charge is 0.261 e. The third-order valence-corrected chi connectivity index (χ3v) is 5.16. The van der Waals surface area contributed by atoms with Gasteiger partial charge in [0.05, 0.1) is 10.6 Å². The van der Waals surface area contributed by atoms with E-state index in [-0.39, 0.29) is 16.8 Å². The van der Waals surface area contributed by atoms with Gasteiger partial charge in [-0.2, -0.15) is 0 Å². The Labute approximate surface area is 143 Å². The highest BCUT2D eigenvalue weighted by molar-refractivity contribution is 7.92. The molecule has 2 aromatic rings. The second-order valence-electron chi connectivity index (χ2n) is 5.73. The number of rotatable bonds is 6. The predicted molar refractivity (Wildman–Crippen MR) is 95.6 cm³/mol. The van der Waals surface area contributed by atoms with Gasteiger partial charge in [0.1, 0.15) is 0 Å². The Hall–Kier alpha value is -2.34. The molecule has 5 nitrogen and oxygen atoms in total. The molecular weight excluding hydrogens is 324 g/mol. The van der Waals surface area contributed by atoms with Crippen molar-refractivity contribution in [3.63, 3.8) is 0 Å². The molecule has 0 heterocycles. The zero-order chi connectivity index (χ0) is 17.7. The first-order valence-corrected chi connectivity index (χ1v) is 9.31. The van der Waals surface area contributed by atoms with Gasteiger partial charge in [-0.3, -0.25) is 9.52 Å². The van der Waals surface area contributed by atoms with Crippen LogP contribution in [0.15, 0.2) is 53.4 Å². The van der Waals surface area contributed by atoms with Gasteiger partial charge in [0.15, 0.2) is 0 Å². The molecule has 0 saturated heterocycles. The molecule has 0 bridgehead atoms. The molecular formula is C18H22N2O3S. The van der Waals surface area contributed by atoms with Crippen molar-refractivity contribution in [2.45, 2.75) is 38.1 Å². The van der Waals surface area contributed by atoms with Crippen molar-refractivity contribution in [3.8, 4) is 0 Å². The Morgan fingerprint density at radius 3 is 2.38 bits per heavy atom. The fraction of sp³-hybridized carbons (Fsp3) is 0.278. The molecule has 0 radical (unpaired) electrons. The van der Waals surface area contributed by atoms with Gasteiger partial charge >= 0.3 is 0 Å². The molecule has 1 amide bonds. The van der Waals surface area contributed by atoms with Gasteiger partial charge in [0.2, 0.25) is 0 Å². The minimum absolute atomic E-state index is 0.0917. The van der Waals surface area contributed by atoms with Crippen LogP contribution in [0.5, 0.6) is 0 Å². The Balaban J connectivity index is 2.20. The molecule has 2 aromatic carbocycles. The van der Waals surface area contributed by atoms with Crippen molar-refractivity contribution in [2.75, 3.05) is 4.72 Å². The highest BCUT2D eigenvalue weighted by Crippen LogP contribution is 2.21. The second-order valence-corrected chi connectivity index (χ2v) is 7.41. The lowest BCUT2D eigenvalue weighted by Gasteiger charge is -2.14. The van der Waals surface area contributed by atoms with Gasteiger partial charge < -0.3 is 5.32 Å². The molecule has 0 spiro atoms. The third kappa shape index (κ3) is 4.35. The molecule has 0 aliphatic rings. The van der Waals surface area contributed by atoms with Crippen molar-refractivity contribution in [1.29, 1.82) is 0 Å². The summed E-state index contributed by atoms with van der Waals surface area (Å²) in [5.41, 5.74) is 1.65. The number of aryl methyl sites for hydroxylation is 1. The zero-order valence-electron chi connectivity index (χ0n) is 14.0. The van der Waals surface area contributed by atoms with Gasteiger partial charge in [-0.05, 0) is 56.2 Å². The lowest BCUT2D eigenvalue weighted by Crippen LogP contribution is -2.31. The van der Waals surface area contributed by atoms with Gasteiger partial charge in [0, 0.05) is 11.6 Å². The maximum atomic E-state index is 12.4. The van der Waals surface area contributed by atoms with E-state index in [1.54, 1.807) is 43.3 Å². The maximum Gasteiger partial charge on any atom is 0.261 e. The number of carbonyl (C=O) groups is 1. The Morgan fingerprint density at radius 1 is 1.12 bits per heavy atom. The maximum absolute atomic E-state index is 12.4. The van der Waals surface area contributed by atoms with Crippen LogP contribution in [0.1, 0.15) is 36.2 Å². The topological polar surface area (TPSA) is 75.3 Å². The number of hydrogen-bond donors (Lipinski definition) is 2. The van der Waals surface area contributed by atoms with Crippen LogP contribution in [0.4, 0.5) is 5.69 Å². The monoisotopic (exact) mass is 346 g/mol. The lowest BCUT2D eigenvalue weighted by molar-refractivity contribution is 0.0939. The molecule has 6 heteroatoms. The number of hydrogen-bond acceptors (Lipinski definition) is 3. The molecule has 1 atom stereocenters. The van der Waals surface area contributed by atoms with Crippen LogP contribution in [0.25, 0.3) is 0 Å². The number of carbonyl (C=O) groups excluding carboxylic acids is 1. The van der Waals surface area contributed by atoms with Crippen LogP contribution >= 0.6 is 0 Å². The average molecular weight is 346 g/mol. The molecule has 0 fully saturated rings. The van der Waals surface area contributed by atoms with Crippen molar-refractivity contribution in [2.24, 2.45) is 0 Å². The zero-order valence-corrected chi connectivity index (χ0v) is 14.9. The molecule has 0 saturated carbocycles. The number of benzene rings is 2. The summed E-state index contributed by atoms with van der Waals surface area (Å²) in [4.78, 5) is 12.3. The number of anilines is 1. The van der Waals surface area contributed by atoms with Gasteiger partial charge in [-0.25, -0.2) is 8.42 Å². The Morgan fingerprint density at radius 2 is 1.79 bits per heavy atom. The minimum Gasteiger partial charge on any atom is -0.350 e. The van der Waals surface area contributed by atoms with Crippen molar-refractivity contribution in [3.05, 3.63) is 59.7 Å². The average Bonchev–Trinajstić information content (AvgIpc) is 2.57. The van der Waals surface area contributed by atoms with Crippen LogP contribution in [-0.2, 0) is 10.0 Å². The first-order chi connectivity index (χ1) is 11.3. The number of sulfonamides is 1. The van der Waals surface area contributed by atoms with Crippen LogP contribution in [-0.4, -0.2) is 20.4 Å². The lowest BCUT2D eigenvalue weighted by atomic mass is 10.1. The van der Waals surface area contributed by atoms with E-state index < -0.39 is 10.0 Å². The van der Waals surface area contributed by atoms with Crippen molar-refractivity contribution >= 4 is 21.6 Å². The molecule has 2 N–H and O–H groups in total. The summed E-state index contributed by atoms with van der Waals surface area (Å²) < 4.78 is 27.3. The van der Waals surface area contributed by atoms with E-state index in [0.29, 0.717) is 16.8 Å². The van der Waals surface area contributed by atoms with E-state index in [4.69, 9.17) is 0 Å². The largest absolute Gasteiger partial charge is 0.350 e. The van der Waals surface area contributed by atoms with E-state index in [0.717, 1.165) is 6.42 Å². The Kier molecular flexibility index (Phi) is 5.62. The molecule has 0 unspecified atom stereocenters. The molecule has 24 heavy (non-hydrogen) atoms. The fourth-order valence-corrected chi connectivity index (χ4v) is 3.28. The van der Waals surface area contributed by atoms with Crippen LogP contribution in [0.2, 0.25) is 0 Å². The van der Waals surface area contributed by atoms with E-state index in [9.17, 15) is 13.2 Å². The summed E-state index contributed by atoms with van der Waals surface area (Å²) in [7, 11) is -3.64. The summed E-state index contributed by atoms with van der Waals surface area (Å²) in [6.07, 6.45) is 0.847. The predicted octanol–water partition coefficient (Wildman–Crippen LogP) is 3.32. The molecule has 0 aromatic heterocycles. The van der Waals surface area contributed by atoms with Crippen LogP contribution < -0.4 is 10.0 Å². The third-order valence-electron chi connectivity index (χ3n) is 3.78. The highest BCUT2D eigenvalue weighted by Gasteiger charge is 2.16. The highest BCUT2D eigenvalue weighted by atomic mass is 32.2. The van der Waals surface area contributed by atoms with Crippen molar-refractivity contribution in [1.82, 2.24) is 5.32 Å². The molecule has 0 aliphatic heterocycles. The van der Waals surface area contributed by atoms with E-state index >= 15 is 0 Å². The summed E-state index contributed by atoms with van der Waals surface area (Å²) in [6.45, 7) is 5.70. The van der Waals surface area contributed by atoms with E-state index in [1.807, 2.05) is 13.8 Å².